The zero-order valence-corrected chi connectivity index (χ0v) is 18.1. The third-order valence-corrected chi connectivity index (χ3v) is 5.91. The van der Waals surface area contributed by atoms with Gasteiger partial charge in [-0.25, -0.2) is 0 Å². The van der Waals surface area contributed by atoms with Crippen LogP contribution < -0.4 is 4.90 Å². The van der Waals surface area contributed by atoms with Crippen LogP contribution in [0.2, 0.25) is 10.0 Å². The first kappa shape index (κ1) is 21.6. The van der Waals surface area contributed by atoms with E-state index >= 15 is 0 Å². The van der Waals surface area contributed by atoms with Crippen LogP contribution in [-0.2, 0) is 4.74 Å². The largest absolute Gasteiger partial charge is 0.385 e. The molecule has 3 atom stereocenters. The normalized spacial score (nSPS) is 23.7. The van der Waals surface area contributed by atoms with Crippen molar-refractivity contribution in [2.75, 3.05) is 26.2 Å². The van der Waals surface area contributed by atoms with Gasteiger partial charge in [-0.2, -0.15) is 0 Å². The molecule has 5 heteroatoms. The van der Waals surface area contributed by atoms with Crippen molar-refractivity contribution in [3.05, 3.63) is 69.7 Å². The van der Waals surface area contributed by atoms with Crippen LogP contribution in [0.3, 0.4) is 0 Å². The minimum atomic E-state index is -0.491. The second kappa shape index (κ2) is 10.1. The van der Waals surface area contributed by atoms with E-state index in [4.69, 9.17) is 27.9 Å². The van der Waals surface area contributed by atoms with Crippen molar-refractivity contribution in [1.82, 2.24) is 0 Å². The average Bonchev–Trinajstić information content (AvgIpc) is 2.64. The number of aliphatic hydroxyl groups excluding tert-OH is 1. The summed E-state index contributed by atoms with van der Waals surface area (Å²) < 4.78 is 6.20. The number of hydrogen-bond acceptors (Lipinski definition) is 2. The summed E-state index contributed by atoms with van der Waals surface area (Å²) in [6.45, 7) is 7.87. The van der Waals surface area contributed by atoms with Crippen LogP contribution in [0.4, 0.5) is 0 Å². The summed E-state index contributed by atoms with van der Waals surface area (Å²) in [6.07, 6.45) is 0.527. The summed E-state index contributed by atoms with van der Waals surface area (Å²) in [5.41, 5.74) is 2.01. The van der Waals surface area contributed by atoms with Crippen molar-refractivity contribution in [1.29, 1.82) is 0 Å². The summed E-state index contributed by atoms with van der Waals surface area (Å²) >= 11 is 12.1. The molecule has 1 aliphatic rings. The number of halogens is 2. The summed E-state index contributed by atoms with van der Waals surface area (Å²) in [4.78, 5) is 1.47. The predicted molar refractivity (Wildman–Crippen MR) is 115 cm³/mol. The van der Waals surface area contributed by atoms with Gasteiger partial charge in [0, 0.05) is 21.9 Å². The van der Waals surface area contributed by atoms with Crippen LogP contribution >= 0.6 is 23.2 Å². The topological polar surface area (TPSA) is 33.9 Å². The highest BCUT2D eigenvalue weighted by Gasteiger charge is 2.27. The van der Waals surface area contributed by atoms with Crippen LogP contribution in [0.5, 0.6) is 0 Å². The number of piperidine rings is 1. The maximum atomic E-state index is 10.6. The molecule has 1 saturated heterocycles. The van der Waals surface area contributed by atoms with Gasteiger partial charge in [0.2, 0.25) is 0 Å². The lowest BCUT2D eigenvalue weighted by Gasteiger charge is -2.33. The molecule has 0 saturated carbocycles. The highest BCUT2D eigenvalue weighted by Crippen LogP contribution is 2.28. The van der Waals surface area contributed by atoms with Crippen molar-refractivity contribution in [2.24, 2.45) is 11.8 Å². The molecule has 0 amide bonds. The van der Waals surface area contributed by atoms with Gasteiger partial charge < -0.3 is 14.7 Å². The summed E-state index contributed by atoms with van der Waals surface area (Å²) in [7, 11) is 0. The molecule has 1 heterocycles. The lowest BCUT2D eigenvalue weighted by molar-refractivity contribution is -0.915. The van der Waals surface area contributed by atoms with E-state index in [0.717, 1.165) is 30.8 Å². The van der Waals surface area contributed by atoms with E-state index in [1.165, 1.54) is 11.3 Å². The number of aliphatic hydroxyl groups is 1. The molecule has 0 unspecified atom stereocenters. The molecule has 1 aliphatic heterocycles. The maximum absolute atomic E-state index is 10.6. The number of quaternary nitrogens is 1. The van der Waals surface area contributed by atoms with Gasteiger partial charge in [0.05, 0.1) is 19.7 Å². The van der Waals surface area contributed by atoms with Crippen LogP contribution in [0.15, 0.2) is 48.5 Å². The first-order valence-corrected chi connectivity index (χ1v) is 10.8. The molecule has 152 valence electrons. The second-order valence-electron chi connectivity index (χ2n) is 8.28. The summed E-state index contributed by atoms with van der Waals surface area (Å²) in [5, 5.41) is 12.0. The fraction of sp³-hybridized carbons (Fsp3) is 0.478. The van der Waals surface area contributed by atoms with Crippen molar-refractivity contribution < 1.29 is 14.7 Å². The Morgan fingerprint density at radius 2 is 1.39 bits per heavy atom. The molecular formula is C23H30Cl2NO2+. The highest BCUT2D eigenvalue weighted by atomic mass is 35.5. The second-order valence-corrected chi connectivity index (χ2v) is 9.15. The Hall–Kier alpha value is -1.10. The Morgan fingerprint density at radius 3 is 1.86 bits per heavy atom. The van der Waals surface area contributed by atoms with E-state index in [-0.39, 0.29) is 6.10 Å². The Bertz CT molecular complexity index is 680. The van der Waals surface area contributed by atoms with Gasteiger partial charge in [0.1, 0.15) is 18.8 Å². The molecule has 2 aromatic carbocycles. The molecule has 0 radical (unpaired) electrons. The third kappa shape index (κ3) is 6.20. The van der Waals surface area contributed by atoms with Crippen LogP contribution in [0.1, 0.15) is 37.5 Å². The molecule has 0 bridgehead atoms. The maximum Gasteiger partial charge on any atom is 0.126 e. The molecule has 28 heavy (non-hydrogen) atoms. The van der Waals surface area contributed by atoms with Crippen molar-refractivity contribution in [2.45, 2.75) is 32.5 Å². The van der Waals surface area contributed by atoms with E-state index in [1.54, 1.807) is 0 Å². The highest BCUT2D eigenvalue weighted by molar-refractivity contribution is 6.30. The number of likely N-dealkylation sites (tertiary alicyclic amines) is 1. The zero-order chi connectivity index (χ0) is 20.1. The molecule has 0 aliphatic carbocycles. The Kier molecular flexibility index (Phi) is 7.78. The van der Waals surface area contributed by atoms with Gasteiger partial charge in [0.15, 0.2) is 0 Å². The van der Waals surface area contributed by atoms with E-state index in [2.05, 4.69) is 13.8 Å². The smallest absolute Gasteiger partial charge is 0.126 e. The summed E-state index contributed by atoms with van der Waals surface area (Å²) in [6, 6.07) is 15.3. The Morgan fingerprint density at radius 1 is 0.929 bits per heavy atom. The quantitative estimate of drug-likeness (QED) is 0.706. The lowest BCUT2D eigenvalue weighted by atomic mass is 9.92. The van der Waals surface area contributed by atoms with Crippen molar-refractivity contribution in [3.63, 3.8) is 0 Å². The Balaban J connectivity index is 1.65. The van der Waals surface area contributed by atoms with Gasteiger partial charge in [0.25, 0.3) is 0 Å². The SMILES string of the molecule is C[C@H]1C[C@H](C)C[NH+](C[C@H](O)COC(c2ccc(Cl)cc2)c2ccc(Cl)cc2)C1. The van der Waals surface area contributed by atoms with Gasteiger partial charge in [-0.15, -0.1) is 0 Å². The van der Waals surface area contributed by atoms with E-state index in [0.29, 0.717) is 28.5 Å². The Labute approximate surface area is 178 Å². The van der Waals surface area contributed by atoms with E-state index < -0.39 is 6.10 Å². The van der Waals surface area contributed by atoms with E-state index in [9.17, 15) is 5.11 Å². The van der Waals surface area contributed by atoms with Crippen LogP contribution in [-0.4, -0.2) is 37.5 Å². The molecule has 3 rings (SSSR count). The first-order valence-electron chi connectivity index (χ1n) is 10.0. The predicted octanol–water partition coefficient (Wildman–Crippen LogP) is 4.02. The molecular weight excluding hydrogens is 393 g/mol. The van der Waals surface area contributed by atoms with Gasteiger partial charge in [-0.05, 0) is 41.8 Å². The minimum absolute atomic E-state index is 0.265. The fourth-order valence-electron chi connectivity index (χ4n) is 4.35. The number of nitrogens with one attached hydrogen (secondary N) is 1. The number of hydrogen-bond donors (Lipinski definition) is 2. The van der Waals surface area contributed by atoms with Gasteiger partial charge in [-0.1, -0.05) is 61.3 Å². The van der Waals surface area contributed by atoms with Crippen LogP contribution in [0, 0.1) is 11.8 Å². The number of rotatable bonds is 7. The monoisotopic (exact) mass is 422 g/mol. The van der Waals surface area contributed by atoms with E-state index in [1.807, 2.05) is 48.5 Å². The lowest BCUT2D eigenvalue weighted by Crippen LogP contribution is -3.15. The summed E-state index contributed by atoms with van der Waals surface area (Å²) in [5.74, 6) is 1.42. The molecule has 3 nitrogen and oxygen atoms in total. The number of ether oxygens (including phenoxy) is 1. The van der Waals surface area contributed by atoms with Crippen molar-refractivity contribution >= 4 is 23.2 Å². The zero-order valence-electron chi connectivity index (χ0n) is 16.6. The third-order valence-electron chi connectivity index (χ3n) is 5.40. The number of benzene rings is 2. The molecule has 0 spiro atoms. The fourth-order valence-corrected chi connectivity index (χ4v) is 4.60. The minimum Gasteiger partial charge on any atom is -0.385 e. The van der Waals surface area contributed by atoms with Gasteiger partial charge >= 0.3 is 0 Å². The molecule has 0 aromatic heterocycles. The molecule has 2 aromatic rings. The van der Waals surface area contributed by atoms with Crippen LogP contribution in [0.25, 0.3) is 0 Å². The van der Waals surface area contributed by atoms with Crippen molar-refractivity contribution in [3.8, 4) is 0 Å². The van der Waals surface area contributed by atoms with Gasteiger partial charge in [-0.3, -0.25) is 0 Å². The standard InChI is InChI=1S/C23H29Cl2NO2/c1-16-11-17(2)13-26(12-16)14-22(27)15-28-23(18-3-7-20(24)8-4-18)19-5-9-21(25)10-6-19/h3-10,16-17,22-23,27H,11-15H2,1-2H3/p+1/t16-,17-,22-/m0/s1. The molecule has 1 fully saturated rings. The average molecular weight is 423 g/mol. The molecule has 2 N–H and O–H groups in total. The first-order chi connectivity index (χ1) is 13.4.